The lowest BCUT2D eigenvalue weighted by Crippen LogP contribution is -2.46. The monoisotopic (exact) mass is 432 g/mol. The quantitative estimate of drug-likeness (QED) is 0.626. The Balaban J connectivity index is 1.34. The molecule has 2 heterocycles. The van der Waals surface area contributed by atoms with Crippen molar-refractivity contribution in [3.8, 4) is 0 Å². The van der Waals surface area contributed by atoms with Crippen molar-refractivity contribution in [1.82, 2.24) is 14.0 Å². The Labute approximate surface area is 183 Å². The highest BCUT2D eigenvalue weighted by atomic mass is 19.1. The van der Waals surface area contributed by atoms with Gasteiger partial charge in [-0.2, -0.15) is 0 Å². The first-order valence-corrected chi connectivity index (χ1v) is 11.0. The van der Waals surface area contributed by atoms with Crippen molar-refractivity contribution in [3.63, 3.8) is 0 Å². The summed E-state index contributed by atoms with van der Waals surface area (Å²) in [4.78, 5) is 29.2. The molecule has 8 heteroatoms. The van der Waals surface area contributed by atoms with Gasteiger partial charge in [-0.3, -0.25) is 9.47 Å². The fourth-order valence-corrected chi connectivity index (χ4v) is 3.71. The second kappa shape index (κ2) is 10.1. The number of piperazine rings is 1. The molecule has 7 nitrogen and oxygen atoms in total. The van der Waals surface area contributed by atoms with Crippen LogP contribution < -0.4 is 10.6 Å². The molecular weight excluding hydrogens is 399 g/mol. The van der Waals surface area contributed by atoms with Crippen molar-refractivity contribution in [2.75, 3.05) is 37.6 Å². The first kappa shape index (κ1) is 23.1. The van der Waals surface area contributed by atoms with Crippen LogP contribution in [0, 0.1) is 5.82 Å². The van der Waals surface area contributed by atoms with Gasteiger partial charge in [0, 0.05) is 50.8 Å². The largest absolute Gasteiger partial charge is 0.443 e. The van der Waals surface area contributed by atoms with Crippen LogP contribution in [0.5, 0.6) is 0 Å². The molecule has 170 valence electrons. The fraction of sp³-hybridized carbons (Fsp3) is 0.565. The number of unbranched alkanes of at least 4 members (excludes halogenated alkanes) is 2. The van der Waals surface area contributed by atoms with E-state index >= 15 is 0 Å². The van der Waals surface area contributed by atoms with E-state index in [0.717, 1.165) is 62.2 Å². The average Bonchev–Trinajstić information content (AvgIpc) is 3.08. The van der Waals surface area contributed by atoms with Gasteiger partial charge in [0.25, 0.3) is 0 Å². The van der Waals surface area contributed by atoms with Gasteiger partial charge in [0.15, 0.2) is 0 Å². The molecular formula is C23H33FN4O3. The lowest BCUT2D eigenvalue weighted by molar-refractivity contribution is 0.0530. The zero-order valence-corrected chi connectivity index (χ0v) is 18.7. The highest BCUT2D eigenvalue weighted by Gasteiger charge is 2.20. The van der Waals surface area contributed by atoms with Crippen molar-refractivity contribution in [2.24, 2.45) is 0 Å². The van der Waals surface area contributed by atoms with Crippen LogP contribution >= 0.6 is 0 Å². The number of aromatic nitrogens is 2. The number of benzene rings is 1. The number of hydrogen-bond acceptors (Lipinski definition) is 5. The predicted molar refractivity (Wildman–Crippen MR) is 119 cm³/mol. The highest BCUT2D eigenvalue weighted by Crippen LogP contribution is 2.17. The Kier molecular flexibility index (Phi) is 7.54. The molecule has 2 aromatic rings. The number of rotatable bonds is 7. The molecule has 0 atom stereocenters. The predicted octanol–water partition coefficient (Wildman–Crippen LogP) is 3.56. The molecule has 1 fully saturated rings. The average molecular weight is 433 g/mol. The molecule has 1 aromatic carbocycles. The fourth-order valence-electron chi connectivity index (χ4n) is 3.71. The molecule has 0 N–H and O–H groups in total. The first-order valence-electron chi connectivity index (χ1n) is 11.0. The van der Waals surface area contributed by atoms with E-state index in [2.05, 4.69) is 9.80 Å². The Morgan fingerprint density at radius 3 is 2.26 bits per heavy atom. The maximum absolute atomic E-state index is 13.1. The number of carbonyl (C=O) groups excluding carboxylic acids is 1. The van der Waals surface area contributed by atoms with Gasteiger partial charge in [0.05, 0.1) is 0 Å². The standard InChI is InChI=1S/C23H33FN4O3/c1-23(2,3)31-22(30)28-18-17-27(21(28)29)12-6-4-5-11-25-13-15-26(16-14-25)20-9-7-19(24)8-10-20/h7-10,17-18H,4-6,11-16H2,1-3H3. The summed E-state index contributed by atoms with van der Waals surface area (Å²) >= 11 is 0. The second-order valence-electron chi connectivity index (χ2n) is 8.99. The Hall–Kier alpha value is -2.61. The van der Waals surface area contributed by atoms with Gasteiger partial charge < -0.3 is 9.64 Å². The van der Waals surface area contributed by atoms with E-state index in [0.29, 0.717) is 6.54 Å². The van der Waals surface area contributed by atoms with E-state index in [1.807, 2.05) is 12.1 Å². The van der Waals surface area contributed by atoms with Gasteiger partial charge in [0.2, 0.25) is 0 Å². The van der Waals surface area contributed by atoms with E-state index in [4.69, 9.17) is 4.74 Å². The number of aryl methyl sites for hydroxylation is 1. The molecule has 1 saturated heterocycles. The maximum atomic E-state index is 13.1. The smallest absolute Gasteiger partial charge is 0.422 e. The zero-order valence-electron chi connectivity index (χ0n) is 18.7. The summed E-state index contributed by atoms with van der Waals surface area (Å²) in [7, 11) is 0. The lowest BCUT2D eigenvalue weighted by atomic mass is 10.2. The van der Waals surface area contributed by atoms with Crippen LogP contribution in [0.15, 0.2) is 41.5 Å². The van der Waals surface area contributed by atoms with Crippen molar-refractivity contribution in [3.05, 3.63) is 53.0 Å². The van der Waals surface area contributed by atoms with Crippen LogP contribution in [0.1, 0.15) is 40.0 Å². The molecule has 1 aliphatic heterocycles. The Morgan fingerprint density at radius 1 is 0.968 bits per heavy atom. The third kappa shape index (κ3) is 6.69. The first-order chi connectivity index (χ1) is 14.7. The van der Waals surface area contributed by atoms with E-state index in [-0.39, 0.29) is 11.5 Å². The van der Waals surface area contributed by atoms with Crippen LogP contribution in [-0.4, -0.2) is 58.5 Å². The Morgan fingerprint density at radius 2 is 1.61 bits per heavy atom. The Bertz CT molecular complexity index is 906. The summed E-state index contributed by atoms with van der Waals surface area (Å²) in [5.41, 5.74) is 0.0827. The van der Waals surface area contributed by atoms with E-state index in [1.54, 1.807) is 31.5 Å². The molecule has 1 aliphatic rings. The number of ether oxygens (including phenoxy) is 1. The minimum absolute atomic E-state index is 0.203. The van der Waals surface area contributed by atoms with E-state index in [1.165, 1.54) is 18.3 Å². The number of nitrogens with zero attached hydrogens (tertiary/aromatic N) is 4. The number of imidazole rings is 1. The van der Waals surface area contributed by atoms with Crippen molar-refractivity contribution >= 4 is 11.8 Å². The van der Waals surface area contributed by atoms with E-state index in [9.17, 15) is 14.0 Å². The van der Waals surface area contributed by atoms with E-state index < -0.39 is 11.7 Å². The van der Waals surface area contributed by atoms with Gasteiger partial charge in [-0.25, -0.2) is 18.5 Å². The van der Waals surface area contributed by atoms with Crippen LogP contribution in [0.4, 0.5) is 14.9 Å². The third-order valence-corrected chi connectivity index (χ3v) is 5.38. The molecule has 1 aromatic heterocycles. The molecule has 0 aliphatic carbocycles. The number of carbonyl (C=O) groups is 1. The van der Waals surface area contributed by atoms with Crippen molar-refractivity contribution in [1.29, 1.82) is 0 Å². The molecule has 3 rings (SSSR count). The number of hydrogen-bond donors (Lipinski definition) is 0. The molecule has 0 radical (unpaired) electrons. The summed E-state index contributed by atoms with van der Waals surface area (Å²) in [6.45, 7) is 10.8. The minimum atomic E-state index is -0.643. The van der Waals surface area contributed by atoms with Gasteiger partial charge in [-0.15, -0.1) is 0 Å². The van der Waals surface area contributed by atoms with Crippen molar-refractivity contribution < 1.29 is 13.9 Å². The second-order valence-corrected chi connectivity index (χ2v) is 8.99. The van der Waals surface area contributed by atoms with Crippen LogP contribution in [0.2, 0.25) is 0 Å². The summed E-state index contributed by atoms with van der Waals surface area (Å²) in [6.07, 6.45) is 5.43. The normalized spacial score (nSPS) is 15.3. The topological polar surface area (TPSA) is 59.7 Å². The molecule has 0 unspecified atom stereocenters. The third-order valence-electron chi connectivity index (χ3n) is 5.38. The summed E-state index contributed by atoms with van der Waals surface area (Å²) < 4.78 is 20.9. The van der Waals surface area contributed by atoms with Gasteiger partial charge in [-0.1, -0.05) is 6.42 Å². The molecule has 0 spiro atoms. The summed E-state index contributed by atoms with van der Waals surface area (Å²) in [6, 6.07) is 6.69. The number of halogens is 1. The van der Waals surface area contributed by atoms with Crippen molar-refractivity contribution in [2.45, 2.75) is 52.2 Å². The lowest BCUT2D eigenvalue weighted by Gasteiger charge is -2.36. The highest BCUT2D eigenvalue weighted by molar-refractivity contribution is 5.70. The minimum Gasteiger partial charge on any atom is -0.443 e. The maximum Gasteiger partial charge on any atom is 0.422 e. The van der Waals surface area contributed by atoms with Crippen LogP contribution in [0.25, 0.3) is 0 Å². The molecule has 0 amide bonds. The zero-order chi connectivity index (χ0) is 22.4. The number of anilines is 1. The van der Waals surface area contributed by atoms with Gasteiger partial charge in [-0.05, 0) is 64.4 Å². The summed E-state index contributed by atoms with van der Waals surface area (Å²) in [5.74, 6) is -0.203. The van der Waals surface area contributed by atoms with Gasteiger partial charge in [0.1, 0.15) is 11.4 Å². The van der Waals surface area contributed by atoms with Gasteiger partial charge >= 0.3 is 11.8 Å². The van der Waals surface area contributed by atoms with Crippen LogP contribution in [0.3, 0.4) is 0 Å². The molecule has 0 bridgehead atoms. The van der Waals surface area contributed by atoms with Crippen LogP contribution in [-0.2, 0) is 11.3 Å². The SMILES string of the molecule is CC(C)(C)OC(=O)n1ccn(CCCCCN2CCN(c3ccc(F)cc3)CC2)c1=O. The summed E-state index contributed by atoms with van der Waals surface area (Å²) in [5, 5.41) is 0. The molecule has 31 heavy (non-hydrogen) atoms. The molecule has 0 saturated carbocycles.